The highest BCUT2D eigenvalue weighted by atomic mass is 15.0. The van der Waals surface area contributed by atoms with Crippen molar-refractivity contribution >= 4 is 0 Å². The molecule has 0 saturated carbocycles. The molecule has 0 amide bonds. The Bertz CT molecular complexity index is 376. The van der Waals surface area contributed by atoms with Crippen LogP contribution in [0.3, 0.4) is 0 Å². The molecule has 1 aliphatic rings. The van der Waals surface area contributed by atoms with Gasteiger partial charge < -0.3 is 20.6 Å². The first-order chi connectivity index (χ1) is 11.0. The van der Waals surface area contributed by atoms with E-state index in [1.54, 1.807) is 12.4 Å². The maximum absolute atomic E-state index is 3.78. The number of aromatic nitrogens is 3. The van der Waals surface area contributed by atoms with Gasteiger partial charge in [-0.1, -0.05) is 6.07 Å². The largest absolute Gasteiger partial charge is 0.368 e. The molecule has 0 aromatic carbocycles. The van der Waals surface area contributed by atoms with Gasteiger partial charge >= 0.3 is 0 Å². The molecule has 0 aliphatic carbocycles. The third kappa shape index (κ3) is 12.7. The number of piperazine rings is 1. The molecular formula is C17H25N5. The molecule has 4 rings (SSSR count). The summed E-state index contributed by atoms with van der Waals surface area (Å²) in [4.78, 5) is 9.51. The second-order valence-electron chi connectivity index (χ2n) is 4.29. The Hall–Kier alpha value is -2.37. The van der Waals surface area contributed by atoms with Gasteiger partial charge in [0.05, 0.1) is 0 Å². The highest BCUT2D eigenvalue weighted by Gasteiger charge is 1.91. The number of hydrogen-bond acceptors (Lipinski definition) is 3. The first kappa shape index (κ1) is 17.7. The number of pyridine rings is 1. The van der Waals surface area contributed by atoms with Gasteiger partial charge in [0.25, 0.3) is 0 Å². The molecule has 0 radical (unpaired) electrons. The third-order valence-electron chi connectivity index (χ3n) is 2.52. The minimum Gasteiger partial charge on any atom is -0.368 e. The Morgan fingerprint density at radius 2 is 0.909 bits per heavy atom. The Morgan fingerprint density at radius 3 is 1.05 bits per heavy atom. The van der Waals surface area contributed by atoms with E-state index >= 15 is 0 Å². The average Bonchev–Trinajstić information content (AvgIpc) is 3.37. The van der Waals surface area contributed by atoms with E-state index < -0.39 is 0 Å². The topological polar surface area (TPSA) is 68.5 Å². The van der Waals surface area contributed by atoms with Crippen molar-refractivity contribution in [2.45, 2.75) is 0 Å². The second kappa shape index (κ2) is 15.0. The molecule has 4 heterocycles. The summed E-state index contributed by atoms with van der Waals surface area (Å²) in [6.45, 7) is 4.56. The molecule has 4 N–H and O–H groups in total. The number of rotatable bonds is 0. The van der Waals surface area contributed by atoms with Crippen molar-refractivity contribution in [3.05, 3.63) is 79.6 Å². The van der Waals surface area contributed by atoms with Crippen LogP contribution in [-0.2, 0) is 0 Å². The van der Waals surface area contributed by atoms with E-state index in [9.17, 15) is 0 Å². The Morgan fingerprint density at radius 1 is 0.500 bits per heavy atom. The average molecular weight is 299 g/mol. The van der Waals surface area contributed by atoms with Crippen molar-refractivity contribution in [3.63, 3.8) is 0 Å². The lowest BCUT2D eigenvalue weighted by Crippen LogP contribution is -2.39. The molecule has 1 aliphatic heterocycles. The smallest absolute Gasteiger partial charge is 0.0267 e. The molecule has 22 heavy (non-hydrogen) atoms. The summed E-state index contributed by atoms with van der Waals surface area (Å²) in [7, 11) is 0. The molecule has 0 unspecified atom stereocenters. The van der Waals surface area contributed by atoms with Gasteiger partial charge in [-0.2, -0.15) is 0 Å². The van der Waals surface area contributed by atoms with E-state index in [1.807, 2.05) is 67.3 Å². The van der Waals surface area contributed by atoms with Crippen molar-refractivity contribution in [2.24, 2.45) is 0 Å². The normalized spacial score (nSPS) is 12.4. The summed E-state index contributed by atoms with van der Waals surface area (Å²) in [5.74, 6) is 0. The van der Waals surface area contributed by atoms with Crippen LogP contribution >= 0.6 is 0 Å². The third-order valence-corrected chi connectivity index (χ3v) is 2.52. The first-order valence-corrected chi connectivity index (χ1v) is 7.42. The summed E-state index contributed by atoms with van der Waals surface area (Å²) >= 11 is 0. The molecule has 5 nitrogen and oxygen atoms in total. The Balaban J connectivity index is 0.000000147. The highest BCUT2D eigenvalue weighted by molar-refractivity contribution is 4.88. The van der Waals surface area contributed by atoms with E-state index in [-0.39, 0.29) is 0 Å². The van der Waals surface area contributed by atoms with Crippen molar-refractivity contribution in [1.29, 1.82) is 0 Å². The maximum atomic E-state index is 3.78. The molecule has 3 aromatic heterocycles. The fourth-order valence-corrected chi connectivity index (χ4v) is 1.47. The van der Waals surface area contributed by atoms with E-state index in [0.717, 1.165) is 26.2 Å². The van der Waals surface area contributed by atoms with Crippen LogP contribution in [0.2, 0.25) is 0 Å². The predicted octanol–water partition coefficient (Wildman–Crippen LogP) is 2.29. The van der Waals surface area contributed by atoms with Gasteiger partial charge in [0.15, 0.2) is 0 Å². The monoisotopic (exact) mass is 299 g/mol. The summed E-state index contributed by atoms with van der Waals surface area (Å²) < 4.78 is 0. The van der Waals surface area contributed by atoms with Crippen LogP contribution in [0.15, 0.2) is 79.6 Å². The van der Waals surface area contributed by atoms with Gasteiger partial charge in [0, 0.05) is 63.4 Å². The van der Waals surface area contributed by atoms with Crippen LogP contribution in [-0.4, -0.2) is 41.1 Å². The molecule has 1 fully saturated rings. The fraction of sp³-hybridized carbons (Fsp3) is 0.235. The highest BCUT2D eigenvalue weighted by Crippen LogP contribution is 1.74. The van der Waals surface area contributed by atoms with E-state index in [1.165, 1.54) is 0 Å². The summed E-state index contributed by atoms with van der Waals surface area (Å²) in [6, 6.07) is 13.5. The number of nitrogens with zero attached hydrogens (tertiary/aromatic N) is 1. The van der Waals surface area contributed by atoms with Crippen LogP contribution in [0.1, 0.15) is 0 Å². The Kier molecular flexibility index (Phi) is 12.1. The van der Waals surface area contributed by atoms with Gasteiger partial charge in [-0.05, 0) is 36.4 Å². The Labute approximate surface area is 132 Å². The van der Waals surface area contributed by atoms with Gasteiger partial charge in [-0.25, -0.2) is 0 Å². The first-order valence-electron chi connectivity index (χ1n) is 7.42. The molecular weight excluding hydrogens is 274 g/mol. The summed E-state index contributed by atoms with van der Waals surface area (Å²) in [5, 5.41) is 6.44. The van der Waals surface area contributed by atoms with E-state index in [4.69, 9.17) is 0 Å². The zero-order chi connectivity index (χ0) is 15.6. The van der Waals surface area contributed by atoms with E-state index in [0.29, 0.717) is 0 Å². The van der Waals surface area contributed by atoms with Crippen LogP contribution in [0, 0.1) is 0 Å². The minimum absolute atomic E-state index is 1.14. The van der Waals surface area contributed by atoms with Crippen molar-refractivity contribution in [3.8, 4) is 0 Å². The number of aromatic amines is 2. The lowest BCUT2D eigenvalue weighted by Gasteiger charge is -2.11. The van der Waals surface area contributed by atoms with Crippen LogP contribution in [0.5, 0.6) is 0 Å². The molecule has 1 saturated heterocycles. The summed E-state index contributed by atoms with van der Waals surface area (Å²) in [5.41, 5.74) is 0. The number of hydrogen-bond donors (Lipinski definition) is 4. The van der Waals surface area contributed by atoms with E-state index in [2.05, 4.69) is 25.6 Å². The van der Waals surface area contributed by atoms with Crippen molar-refractivity contribution < 1.29 is 0 Å². The zero-order valence-electron chi connectivity index (χ0n) is 12.8. The van der Waals surface area contributed by atoms with Gasteiger partial charge in [-0.3, -0.25) is 4.98 Å². The molecule has 118 valence electrons. The molecule has 0 atom stereocenters. The van der Waals surface area contributed by atoms with Crippen LogP contribution < -0.4 is 10.6 Å². The summed E-state index contributed by atoms with van der Waals surface area (Å²) in [6.07, 6.45) is 11.0. The van der Waals surface area contributed by atoms with Crippen molar-refractivity contribution in [2.75, 3.05) is 26.2 Å². The lowest BCUT2D eigenvalue weighted by molar-refractivity contribution is 0.534. The van der Waals surface area contributed by atoms with Crippen LogP contribution in [0.4, 0.5) is 0 Å². The van der Waals surface area contributed by atoms with Gasteiger partial charge in [-0.15, -0.1) is 0 Å². The second-order valence-corrected chi connectivity index (χ2v) is 4.29. The molecule has 5 heteroatoms. The lowest BCUT2D eigenvalue weighted by atomic mass is 10.4. The quantitative estimate of drug-likeness (QED) is 0.515. The van der Waals surface area contributed by atoms with Gasteiger partial charge in [0.2, 0.25) is 0 Å². The number of H-pyrrole nitrogens is 2. The zero-order valence-corrected chi connectivity index (χ0v) is 12.8. The predicted molar refractivity (Wildman–Crippen MR) is 91.6 cm³/mol. The fourth-order valence-electron chi connectivity index (χ4n) is 1.47. The number of nitrogens with one attached hydrogen (secondary N) is 4. The minimum atomic E-state index is 1.14. The molecule has 3 aromatic rings. The van der Waals surface area contributed by atoms with Crippen LogP contribution in [0.25, 0.3) is 0 Å². The van der Waals surface area contributed by atoms with Crippen molar-refractivity contribution in [1.82, 2.24) is 25.6 Å². The standard InChI is InChI=1S/C5H5N.C4H10N2.2C4H5N/c1-2-4-6-5-3-1;1-2-6-4-3-5-1;2*1-2-4-5-3-1/h1-5H;5-6H,1-4H2;2*1-5H. The SMILES string of the molecule is C1CNCCN1.c1cc[nH]c1.c1cc[nH]c1.c1ccncc1. The molecule has 0 spiro atoms. The van der Waals surface area contributed by atoms with Gasteiger partial charge in [0.1, 0.15) is 0 Å². The maximum Gasteiger partial charge on any atom is 0.0267 e. The molecule has 0 bridgehead atoms.